The molecule has 0 heterocycles. The molecule has 4 nitrogen and oxygen atoms in total. The third-order valence-electron chi connectivity index (χ3n) is 1.95. The van der Waals surface area contributed by atoms with E-state index in [0.717, 1.165) is 19.3 Å². The lowest BCUT2D eigenvalue weighted by Gasteiger charge is -2.01. The fourth-order valence-corrected chi connectivity index (χ4v) is 1.05. The maximum Gasteiger partial charge on any atom is 0.333 e. The van der Waals surface area contributed by atoms with Gasteiger partial charge in [0.2, 0.25) is 6.08 Å². The molecular formula is C10H15NO3. The largest absolute Gasteiger partial charge is 0.478 e. The highest BCUT2D eigenvalue weighted by Crippen LogP contribution is 2.14. The second-order valence-corrected chi connectivity index (χ2v) is 3.04. The van der Waals surface area contributed by atoms with Gasteiger partial charge in [-0.3, -0.25) is 0 Å². The maximum atomic E-state index is 10.6. The van der Waals surface area contributed by atoms with Crippen molar-refractivity contribution in [3.63, 3.8) is 0 Å². The van der Waals surface area contributed by atoms with Crippen LogP contribution in [0.4, 0.5) is 0 Å². The first kappa shape index (κ1) is 12.6. The molecule has 0 aliphatic rings. The van der Waals surface area contributed by atoms with E-state index in [1.807, 2.05) is 0 Å². The number of hydrogen-bond acceptors (Lipinski definition) is 3. The number of rotatable bonds is 6. The highest BCUT2D eigenvalue weighted by atomic mass is 16.4. The summed E-state index contributed by atoms with van der Waals surface area (Å²) in [5.74, 6) is -1.03. The van der Waals surface area contributed by atoms with E-state index >= 15 is 0 Å². The Hall–Kier alpha value is -1.41. The fourth-order valence-electron chi connectivity index (χ4n) is 1.05. The quantitative estimate of drug-likeness (QED) is 0.307. The van der Waals surface area contributed by atoms with Gasteiger partial charge >= 0.3 is 5.97 Å². The van der Waals surface area contributed by atoms with Gasteiger partial charge in [-0.15, -0.1) is 0 Å². The number of hydrogen-bond donors (Lipinski definition) is 1. The van der Waals surface area contributed by atoms with Crippen LogP contribution in [0, 0.1) is 0 Å². The van der Waals surface area contributed by atoms with E-state index in [1.54, 1.807) is 0 Å². The van der Waals surface area contributed by atoms with Gasteiger partial charge in [0, 0.05) is 0 Å². The summed E-state index contributed by atoms with van der Waals surface area (Å²) in [6, 6.07) is 0. The Kier molecular flexibility index (Phi) is 6.33. The maximum absolute atomic E-state index is 10.6. The zero-order chi connectivity index (χ0) is 11.0. The molecule has 0 radical (unpaired) electrons. The van der Waals surface area contributed by atoms with Gasteiger partial charge in [-0.25, -0.2) is 9.59 Å². The molecule has 0 bridgehead atoms. The molecule has 0 saturated heterocycles. The zero-order valence-corrected chi connectivity index (χ0v) is 8.54. The van der Waals surface area contributed by atoms with Crippen molar-refractivity contribution in [3.05, 3.63) is 11.3 Å². The first-order chi connectivity index (χ1) is 6.63. The third kappa shape index (κ3) is 4.58. The van der Waals surface area contributed by atoms with E-state index in [2.05, 4.69) is 11.9 Å². The predicted molar refractivity (Wildman–Crippen MR) is 52.6 cm³/mol. The van der Waals surface area contributed by atoms with E-state index < -0.39 is 5.97 Å². The lowest BCUT2D eigenvalue weighted by Crippen LogP contribution is -2.00. The Morgan fingerprint density at radius 2 is 2.07 bits per heavy atom. The standard InChI is InChI=1S/C10H15NO3/c1-3-4-5-6-9(11-7-12)8(2)10(13)14/h3-6H2,1-2H3,(H,13,14)/b9-8+. The van der Waals surface area contributed by atoms with Crippen LogP contribution in [0.2, 0.25) is 0 Å². The molecule has 0 saturated carbocycles. The van der Waals surface area contributed by atoms with Gasteiger partial charge in [-0.2, -0.15) is 4.99 Å². The van der Waals surface area contributed by atoms with Crippen LogP contribution in [0.15, 0.2) is 16.3 Å². The number of aliphatic carboxylic acids is 1. The number of unbranched alkanes of at least 4 members (excludes halogenated alkanes) is 2. The third-order valence-corrected chi connectivity index (χ3v) is 1.95. The van der Waals surface area contributed by atoms with Crippen molar-refractivity contribution in [1.82, 2.24) is 0 Å². The van der Waals surface area contributed by atoms with Gasteiger partial charge in [0.25, 0.3) is 0 Å². The number of isocyanates is 1. The minimum atomic E-state index is -1.03. The second kappa shape index (κ2) is 7.04. The molecule has 0 fully saturated rings. The lowest BCUT2D eigenvalue weighted by molar-refractivity contribution is -0.132. The van der Waals surface area contributed by atoms with Crippen molar-refractivity contribution in [3.8, 4) is 0 Å². The van der Waals surface area contributed by atoms with Crippen LogP contribution >= 0.6 is 0 Å². The summed E-state index contributed by atoms with van der Waals surface area (Å²) in [5.41, 5.74) is 0.463. The molecule has 0 rings (SSSR count). The number of carboxylic acid groups (broad SMARTS) is 1. The smallest absolute Gasteiger partial charge is 0.333 e. The first-order valence-corrected chi connectivity index (χ1v) is 4.64. The highest BCUT2D eigenvalue weighted by molar-refractivity contribution is 5.86. The Bertz CT molecular complexity index is 275. The molecular weight excluding hydrogens is 182 g/mol. The molecule has 0 aromatic rings. The average Bonchev–Trinajstić information content (AvgIpc) is 2.15. The molecule has 0 amide bonds. The molecule has 0 spiro atoms. The number of carbonyl (C=O) groups is 1. The summed E-state index contributed by atoms with van der Waals surface area (Å²) < 4.78 is 0. The normalized spacial score (nSPS) is 11.6. The molecule has 0 aromatic heterocycles. The van der Waals surface area contributed by atoms with Crippen molar-refractivity contribution in [2.75, 3.05) is 0 Å². The number of carbonyl (C=O) groups excluding carboxylic acids is 1. The first-order valence-electron chi connectivity index (χ1n) is 4.64. The van der Waals surface area contributed by atoms with Crippen LogP contribution in [-0.2, 0) is 9.59 Å². The topological polar surface area (TPSA) is 66.7 Å². The Morgan fingerprint density at radius 1 is 1.43 bits per heavy atom. The SMILES string of the molecule is CCCCC/C(N=C=O)=C(/C)C(=O)O. The number of nitrogens with zero attached hydrogens (tertiary/aromatic N) is 1. The summed E-state index contributed by atoms with van der Waals surface area (Å²) in [5, 5.41) is 8.69. The van der Waals surface area contributed by atoms with Crippen LogP contribution in [0.1, 0.15) is 39.5 Å². The second-order valence-electron chi connectivity index (χ2n) is 3.04. The van der Waals surface area contributed by atoms with Gasteiger partial charge in [0.05, 0.1) is 11.3 Å². The van der Waals surface area contributed by atoms with Gasteiger partial charge in [0.1, 0.15) is 0 Å². The van der Waals surface area contributed by atoms with Gasteiger partial charge < -0.3 is 5.11 Å². The Morgan fingerprint density at radius 3 is 2.50 bits per heavy atom. The van der Waals surface area contributed by atoms with Crippen LogP contribution in [0.5, 0.6) is 0 Å². The number of allylic oxidation sites excluding steroid dienone is 1. The summed E-state index contributed by atoms with van der Waals surface area (Å²) in [4.78, 5) is 24.1. The van der Waals surface area contributed by atoms with Crippen molar-refractivity contribution < 1.29 is 14.7 Å². The minimum absolute atomic E-state index is 0.129. The number of aliphatic imine (C=N–C) groups is 1. The monoisotopic (exact) mass is 197 g/mol. The molecule has 4 heteroatoms. The predicted octanol–water partition coefficient (Wildman–Crippen LogP) is 2.26. The number of carboxylic acids is 1. The Labute approximate surface area is 83.3 Å². The van der Waals surface area contributed by atoms with Crippen molar-refractivity contribution in [2.45, 2.75) is 39.5 Å². The molecule has 0 unspecified atom stereocenters. The Balaban J connectivity index is 4.51. The molecule has 0 aliphatic heterocycles. The van der Waals surface area contributed by atoms with E-state index in [9.17, 15) is 9.59 Å². The average molecular weight is 197 g/mol. The van der Waals surface area contributed by atoms with Crippen molar-refractivity contribution in [2.24, 2.45) is 4.99 Å². The van der Waals surface area contributed by atoms with E-state index in [4.69, 9.17) is 5.11 Å². The fraction of sp³-hybridized carbons (Fsp3) is 0.600. The summed E-state index contributed by atoms with van der Waals surface area (Å²) >= 11 is 0. The molecule has 78 valence electrons. The van der Waals surface area contributed by atoms with Gasteiger partial charge in [0.15, 0.2) is 0 Å². The van der Waals surface area contributed by atoms with E-state index in [0.29, 0.717) is 12.1 Å². The summed E-state index contributed by atoms with van der Waals surface area (Å²) in [6.07, 6.45) is 4.81. The van der Waals surface area contributed by atoms with E-state index in [1.165, 1.54) is 13.0 Å². The van der Waals surface area contributed by atoms with Gasteiger partial charge in [-0.05, 0) is 19.8 Å². The molecule has 0 aromatic carbocycles. The van der Waals surface area contributed by atoms with Gasteiger partial charge in [-0.1, -0.05) is 19.8 Å². The van der Waals surface area contributed by atoms with Crippen LogP contribution < -0.4 is 0 Å². The minimum Gasteiger partial charge on any atom is -0.478 e. The van der Waals surface area contributed by atoms with Crippen LogP contribution in [0.3, 0.4) is 0 Å². The van der Waals surface area contributed by atoms with Crippen molar-refractivity contribution in [1.29, 1.82) is 0 Å². The highest BCUT2D eigenvalue weighted by Gasteiger charge is 2.08. The zero-order valence-electron chi connectivity index (χ0n) is 8.54. The van der Waals surface area contributed by atoms with Crippen LogP contribution in [0.25, 0.3) is 0 Å². The molecule has 0 aliphatic carbocycles. The van der Waals surface area contributed by atoms with Crippen molar-refractivity contribution >= 4 is 12.0 Å². The summed E-state index contributed by atoms with van der Waals surface area (Å²) in [7, 11) is 0. The molecule has 14 heavy (non-hydrogen) atoms. The van der Waals surface area contributed by atoms with E-state index in [-0.39, 0.29) is 5.57 Å². The van der Waals surface area contributed by atoms with Crippen LogP contribution in [-0.4, -0.2) is 17.2 Å². The summed E-state index contributed by atoms with van der Waals surface area (Å²) in [6.45, 7) is 3.50. The lowest BCUT2D eigenvalue weighted by atomic mass is 10.1. The molecule has 1 N–H and O–H groups in total. The molecule has 0 atom stereocenters.